The molecule has 1 rings (SSSR count). The first-order valence-corrected chi connectivity index (χ1v) is 6.38. The van der Waals surface area contributed by atoms with E-state index in [2.05, 4.69) is 24.5 Å². The van der Waals surface area contributed by atoms with Crippen LogP contribution in [0.25, 0.3) is 0 Å². The lowest BCUT2D eigenvalue weighted by molar-refractivity contribution is 0.0277. The maximum Gasteiger partial charge on any atom is 0.0824 e. The van der Waals surface area contributed by atoms with Gasteiger partial charge in [0, 0.05) is 25.7 Å². The molecule has 3 nitrogen and oxygen atoms in total. The van der Waals surface area contributed by atoms with Gasteiger partial charge in [0.15, 0.2) is 0 Å². The Hall–Kier alpha value is -0.120. The Balaban J connectivity index is 1.97. The summed E-state index contributed by atoms with van der Waals surface area (Å²) in [6, 6.07) is 0.627. The van der Waals surface area contributed by atoms with Crippen molar-refractivity contribution in [3.8, 4) is 0 Å². The van der Waals surface area contributed by atoms with Crippen LogP contribution in [0.5, 0.6) is 0 Å². The fourth-order valence-electron chi connectivity index (χ4n) is 1.89. The van der Waals surface area contributed by atoms with Crippen LogP contribution in [0.15, 0.2) is 0 Å². The van der Waals surface area contributed by atoms with Gasteiger partial charge in [-0.25, -0.2) is 0 Å². The zero-order chi connectivity index (χ0) is 10.9. The fourth-order valence-corrected chi connectivity index (χ4v) is 1.89. The third kappa shape index (κ3) is 6.13. The summed E-state index contributed by atoms with van der Waals surface area (Å²) in [5.74, 6) is 0. The van der Waals surface area contributed by atoms with E-state index in [1.165, 1.54) is 25.7 Å². The van der Waals surface area contributed by atoms with Crippen LogP contribution in [0.2, 0.25) is 0 Å². The molecule has 3 heteroatoms. The number of ether oxygens (including phenoxy) is 1. The molecule has 2 atom stereocenters. The first-order valence-electron chi connectivity index (χ1n) is 6.38. The number of morpholine rings is 1. The molecule has 1 aliphatic heterocycles. The molecule has 15 heavy (non-hydrogen) atoms. The molecule has 0 spiro atoms. The van der Waals surface area contributed by atoms with Crippen LogP contribution in [-0.2, 0) is 4.74 Å². The van der Waals surface area contributed by atoms with Crippen LogP contribution >= 0.6 is 0 Å². The van der Waals surface area contributed by atoms with Gasteiger partial charge in [-0.05, 0) is 13.3 Å². The van der Waals surface area contributed by atoms with Crippen LogP contribution in [0.4, 0.5) is 0 Å². The summed E-state index contributed by atoms with van der Waals surface area (Å²) >= 11 is 0. The van der Waals surface area contributed by atoms with Crippen LogP contribution < -0.4 is 10.6 Å². The summed E-state index contributed by atoms with van der Waals surface area (Å²) < 4.78 is 5.63. The summed E-state index contributed by atoms with van der Waals surface area (Å²) in [6.45, 7) is 8.36. The van der Waals surface area contributed by atoms with Crippen LogP contribution in [0.1, 0.15) is 39.5 Å². The van der Waals surface area contributed by atoms with Gasteiger partial charge < -0.3 is 15.4 Å². The van der Waals surface area contributed by atoms with Gasteiger partial charge in [-0.2, -0.15) is 0 Å². The summed E-state index contributed by atoms with van der Waals surface area (Å²) in [6.07, 6.45) is 5.66. The van der Waals surface area contributed by atoms with Crippen LogP contribution in [0, 0.1) is 0 Å². The van der Waals surface area contributed by atoms with Gasteiger partial charge in [0.25, 0.3) is 0 Å². The average molecular weight is 214 g/mol. The minimum absolute atomic E-state index is 0.368. The minimum atomic E-state index is 0.368. The predicted octanol–water partition coefficient (Wildman–Crippen LogP) is 1.53. The first-order chi connectivity index (χ1) is 7.33. The molecule has 0 saturated carbocycles. The molecule has 1 fully saturated rings. The van der Waals surface area contributed by atoms with Crippen molar-refractivity contribution < 1.29 is 4.74 Å². The van der Waals surface area contributed by atoms with Crippen molar-refractivity contribution in [1.82, 2.24) is 10.6 Å². The number of hydrogen-bond donors (Lipinski definition) is 2. The zero-order valence-corrected chi connectivity index (χ0v) is 10.2. The molecular weight excluding hydrogens is 188 g/mol. The lowest BCUT2D eigenvalue weighted by atomic mass is 10.1. The minimum Gasteiger partial charge on any atom is -0.374 e. The lowest BCUT2D eigenvalue weighted by Gasteiger charge is -2.25. The molecule has 1 saturated heterocycles. The second-order valence-electron chi connectivity index (χ2n) is 4.50. The Kier molecular flexibility index (Phi) is 6.98. The molecule has 90 valence electrons. The quantitative estimate of drug-likeness (QED) is 0.631. The van der Waals surface area contributed by atoms with Crippen LogP contribution in [0.3, 0.4) is 0 Å². The molecule has 2 unspecified atom stereocenters. The normalized spacial score (nSPS) is 24.0. The predicted molar refractivity (Wildman–Crippen MR) is 64.2 cm³/mol. The third-order valence-corrected chi connectivity index (χ3v) is 2.94. The maximum atomic E-state index is 5.63. The number of nitrogens with one attached hydrogen (secondary N) is 2. The summed E-state index contributed by atoms with van der Waals surface area (Å²) in [7, 11) is 0. The highest BCUT2D eigenvalue weighted by Gasteiger charge is 2.13. The van der Waals surface area contributed by atoms with Gasteiger partial charge in [-0.3, -0.25) is 0 Å². The molecule has 0 amide bonds. The highest BCUT2D eigenvalue weighted by Crippen LogP contribution is 2.03. The number of hydrogen-bond acceptors (Lipinski definition) is 3. The SMILES string of the molecule is CCCCCC(C)NCC1CNCCO1. The highest BCUT2D eigenvalue weighted by molar-refractivity contribution is 4.71. The topological polar surface area (TPSA) is 33.3 Å². The Morgan fingerprint density at radius 1 is 1.47 bits per heavy atom. The Morgan fingerprint density at radius 3 is 3.00 bits per heavy atom. The standard InChI is InChI=1S/C12H26N2O/c1-3-4-5-6-11(2)14-10-12-9-13-7-8-15-12/h11-14H,3-10H2,1-2H3. The van der Waals surface area contributed by atoms with E-state index in [0.717, 1.165) is 26.2 Å². The molecule has 0 aromatic carbocycles. The van der Waals surface area contributed by atoms with Crippen molar-refractivity contribution in [3.05, 3.63) is 0 Å². The van der Waals surface area contributed by atoms with E-state index in [0.29, 0.717) is 12.1 Å². The Labute approximate surface area is 94.0 Å². The Morgan fingerprint density at radius 2 is 2.33 bits per heavy atom. The first kappa shape index (κ1) is 12.9. The zero-order valence-electron chi connectivity index (χ0n) is 10.2. The number of rotatable bonds is 7. The molecule has 0 bridgehead atoms. The third-order valence-electron chi connectivity index (χ3n) is 2.94. The van der Waals surface area contributed by atoms with Crippen molar-refractivity contribution in [1.29, 1.82) is 0 Å². The summed E-state index contributed by atoms with van der Waals surface area (Å²) in [5.41, 5.74) is 0. The maximum absolute atomic E-state index is 5.63. The van der Waals surface area contributed by atoms with Gasteiger partial charge >= 0.3 is 0 Å². The largest absolute Gasteiger partial charge is 0.374 e. The van der Waals surface area contributed by atoms with Crippen LogP contribution in [-0.4, -0.2) is 38.4 Å². The van der Waals surface area contributed by atoms with E-state index in [-0.39, 0.29) is 0 Å². The molecule has 1 aliphatic rings. The molecule has 1 heterocycles. The van der Waals surface area contributed by atoms with E-state index >= 15 is 0 Å². The molecule has 0 radical (unpaired) electrons. The van der Waals surface area contributed by atoms with Crippen molar-refractivity contribution in [2.45, 2.75) is 51.7 Å². The highest BCUT2D eigenvalue weighted by atomic mass is 16.5. The van der Waals surface area contributed by atoms with Gasteiger partial charge in [0.2, 0.25) is 0 Å². The molecule has 0 aromatic heterocycles. The van der Waals surface area contributed by atoms with Gasteiger partial charge in [-0.15, -0.1) is 0 Å². The Bertz CT molecular complexity index is 147. The smallest absolute Gasteiger partial charge is 0.0824 e. The van der Waals surface area contributed by atoms with Crippen molar-refractivity contribution in [2.24, 2.45) is 0 Å². The molecule has 0 aliphatic carbocycles. The van der Waals surface area contributed by atoms with Crippen molar-refractivity contribution in [3.63, 3.8) is 0 Å². The van der Waals surface area contributed by atoms with E-state index in [4.69, 9.17) is 4.74 Å². The van der Waals surface area contributed by atoms with E-state index in [1.54, 1.807) is 0 Å². The van der Waals surface area contributed by atoms with Crippen molar-refractivity contribution >= 4 is 0 Å². The summed E-state index contributed by atoms with van der Waals surface area (Å²) in [5, 5.41) is 6.89. The average Bonchev–Trinajstić information content (AvgIpc) is 2.28. The monoisotopic (exact) mass is 214 g/mol. The van der Waals surface area contributed by atoms with Crippen molar-refractivity contribution in [2.75, 3.05) is 26.2 Å². The van der Waals surface area contributed by atoms with Gasteiger partial charge in [0.05, 0.1) is 12.7 Å². The molecular formula is C12H26N2O. The van der Waals surface area contributed by atoms with E-state index in [1.807, 2.05) is 0 Å². The summed E-state index contributed by atoms with van der Waals surface area (Å²) in [4.78, 5) is 0. The van der Waals surface area contributed by atoms with E-state index in [9.17, 15) is 0 Å². The second-order valence-corrected chi connectivity index (χ2v) is 4.50. The van der Waals surface area contributed by atoms with Gasteiger partial charge in [0.1, 0.15) is 0 Å². The second kappa shape index (κ2) is 8.08. The van der Waals surface area contributed by atoms with E-state index < -0.39 is 0 Å². The number of unbranched alkanes of at least 4 members (excludes halogenated alkanes) is 2. The molecule has 0 aromatic rings. The molecule has 2 N–H and O–H groups in total. The lowest BCUT2D eigenvalue weighted by Crippen LogP contribution is -2.45. The van der Waals surface area contributed by atoms with Gasteiger partial charge in [-0.1, -0.05) is 26.2 Å². The fraction of sp³-hybridized carbons (Fsp3) is 1.00.